The molecule has 0 atom stereocenters. The Morgan fingerprint density at radius 1 is 0.880 bits per heavy atom. The number of benzene rings is 2. The third-order valence-corrected chi connectivity index (χ3v) is 3.05. The molecule has 25 heavy (non-hydrogen) atoms. The highest BCUT2D eigenvalue weighted by molar-refractivity contribution is 6.05. The van der Waals surface area contributed by atoms with Crippen molar-refractivity contribution in [1.29, 1.82) is 0 Å². The molecule has 0 radical (unpaired) electrons. The maximum atomic E-state index is 12.1. The van der Waals surface area contributed by atoms with E-state index in [1.54, 1.807) is 43.3 Å². The first-order chi connectivity index (χ1) is 11.0. The highest BCUT2D eigenvalue weighted by Crippen LogP contribution is 2.13. The Hall–Kier alpha value is -2.77. The van der Waals surface area contributed by atoms with E-state index >= 15 is 0 Å². The molecule has 0 saturated carbocycles. The van der Waals surface area contributed by atoms with Gasteiger partial charge in [-0.15, -0.1) is 29.9 Å². The molecule has 1 amide bonds. The number of guanidine groups is 1. The van der Waals surface area contributed by atoms with Crippen LogP contribution in [0.25, 0.3) is 0 Å². The van der Waals surface area contributed by atoms with E-state index in [1.807, 2.05) is 12.1 Å². The molecule has 2 aromatic carbocycles. The number of rotatable bonds is 4. The van der Waals surface area contributed by atoms with Gasteiger partial charge < -0.3 is 22.5 Å². The third-order valence-electron chi connectivity index (χ3n) is 3.05. The highest BCUT2D eigenvalue weighted by Gasteiger charge is 2.06. The van der Waals surface area contributed by atoms with Crippen molar-refractivity contribution >= 4 is 53.8 Å². The quantitative estimate of drug-likeness (QED) is 0.279. The minimum Gasteiger partial charge on any atom is -0.399 e. The number of nitrogens with one attached hydrogen (secondary N) is 1. The second-order valence-corrected chi connectivity index (χ2v) is 4.86. The second-order valence-electron chi connectivity index (χ2n) is 4.86. The molecular weight excluding hydrogens is 363 g/mol. The summed E-state index contributed by atoms with van der Waals surface area (Å²) in [6.45, 7) is 1.79. The maximum Gasteiger partial charge on any atom is 0.255 e. The third kappa shape index (κ3) is 6.70. The fourth-order valence-corrected chi connectivity index (χ4v) is 1.82. The molecule has 0 fully saturated rings. The van der Waals surface area contributed by atoms with Gasteiger partial charge in [-0.3, -0.25) is 4.79 Å². The smallest absolute Gasteiger partial charge is 0.255 e. The van der Waals surface area contributed by atoms with Gasteiger partial charge in [-0.1, -0.05) is 12.1 Å². The number of carbonyl (C=O) groups excluding carboxylic acids is 1. The van der Waals surface area contributed by atoms with Crippen LogP contribution in [0.2, 0.25) is 0 Å². The minimum absolute atomic E-state index is 0. The average molecular weight is 383 g/mol. The first-order valence-corrected chi connectivity index (χ1v) is 6.86. The molecule has 0 aromatic heterocycles. The number of carbonyl (C=O) groups is 1. The average Bonchev–Trinajstić information content (AvgIpc) is 2.54. The molecule has 0 aliphatic rings. The van der Waals surface area contributed by atoms with E-state index in [1.165, 1.54) is 0 Å². The molecule has 0 saturated heterocycles. The molecule has 9 heteroatoms. The van der Waals surface area contributed by atoms with E-state index < -0.39 is 0 Å². The first-order valence-electron chi connectivity index (χ1n) is 6.86. The summed E-state index contributed by atoms with van der Waals surface area (Å²) in [5.41, 5.74) is 19.4. The molecule has 0 unspecified atom stereocenters. The summed E-state index contributed by atoms with van der Waals surface area (Å²) in [6, 6.07) is 13.9. The summed E-state index contributed by atoms with van der Waals surface area (Å²) in [6.07, 6.45) is 0. The summed E-state index contributed by atoms with van der Waals surface area (Å²) in [5.74, 6) is -0.305. The second kappa shape index (κ2) is 10.2. The van der Waals surface area contributed by atoms with Crippen molar-refractivity contribution in [2.75, 3.05) is 11.1 Å². The van der Waals surface area contributed by atoms with Gasteiger partial charge >= 0.3 is 0 Å². The Bertz CT molecular complexity index is 753. The van der Waals surface area contributed by atoms with Gasteiger partial charge in [-0.2, -0.15) is 5.10 Å². The van der Waals surface area contributed by atoms with E-state index in [-0.39, 0.29) is 36.7 Å². The van der Waals surface area contributed by atoms with E-state index in [4.69, 9.17) is 17.2 Å². The van der Waals surface area contributed by atoms with Crippen molar-refractivity contribution in [1.82, 2.24) is 0 Å². The number of nitrogen functional groups attached to an aromatic ring is 1. The van der Waals surface area contributed by atoms with Crippen LogP contribution < -0.4 is 22.5 Å². The van der Waals surface area contributed by atoms with Crippen LogP contribution in [0.4, 0.5) is 11.4 Å². The predicted octanol–water partition coefficient (Wildman–Crippen LogP) is 2.36. The molecule has 0 bridgehead atoms. The molecule has 0 heterocycles. The van der Waals surface area contributed by atoms with E-state index in [9.17, 15) is 4.79 Å². The van der Waals surface area contributed by atoms with Gasteiger partial charge in [0.25, 0.3) is 5.91 Å². The number of hydrogen-bond acceptors (Lipinski definition) is 4. The van der Waals surface area contributed by atoms with Crippen molar-refractivity contribution in [2.24, 2.45) is 21.7 Å². The van der Waals surface area contributed by atoms with Crippen molar-refractivity contribution in [3.05, 3.63) is 59.7 Å². The summed E-state index contributed by atoms with van der Waals surface area (Å²) >= 11 is 0. The Kier molecular flexibility index (Phi) is 9.04. The number of anilines is 2. The first kappa shape index (κ1) is 22.2. The van der Waals surface area contributed by atoms with Crippen molar-refractivity contribution < 1.29 is 4.79 Å². The molecule has 7 N–H and O–H groups in total. The summed E-state index contributed by atoms with van der Waals surface area (Å²) < 4.78 is 0. The zero-order valence-corrected chi connectivity index (χ0v) is 15.1. The number of nitrogens with zero attached hydrogens (tertiary/aromatic N) is 2. The van der Waals surface area contributed by atoms with Crippen LogP contribution in [0, 0.1) is 0 Å². The van der Waals surface area contributed by atoms with Crippen LogP contribution in [0.15, 0.2) is 58.7 Å². The zero-order chi connectivity index (χ0) is 16.8. The normalized spacial score (nSPS) is 10.0. The largest absolute Gasteiger partial charge is 0.399 e. The number of hydrogen-bond donors (Lipinski definition) is 4. The predicted molar refractivity (Wildman–Crippen MR) is 108 cm³/mol. The Morgan fingerprint density at radius 3 is 1.92 bits per heavy atom. The van der Waals surface area contributed by atoms with Gasteiger partial charge in [0.15, 0.2) is 0 Å². The van der Waals surface area contributed by atoms with Crippen LogP contribution in [-0.2, 0) is 0 Å². The fraction of sp³-hybridized carbons (Fsp3) is 0.0625. The maximum absolute atomic E-state index is 12.1. The molecule has 7 nitrogen and oxygen atoms in total. The lowest BCUT2D eigenvalue weighted by molar-refractivity contribution is 0.102. The number of nitrogens with two attached hydrogens (primary N) is 3. The highest BCUT2D eigenvalue weighted by atomic mass is 35.5. The van der Waals surface area contributed by atoms with E-state index in [2.05, 4.69) is 15.5 Å². The Morgan fingerprint density at radius 2 is 1.40 bits per heavy atom. The fourth-order valence-electron chi connectivity index (χ4n) is 1.82. The lowest BCUT2D eigenvalue weighted by Gasteiger charge is -2.06. The summed E-state index contributed by atoms with van der Waals surface area (Å²) in [5, 5.41) is 10.3. The lowest BCUT2D eigenvalue weighted by Crippen LogP contribution is -2.22. The van der Waals surface area contributed by atoms with Gasteiger partial charge in [0.05, 0.1) is 5.71 Å². The van der Waals surface area contributed by atoms with E-state index in [0.717, 1.165) is 5.56 Å². The molecule has 0 spiro atoms. The molecule has 134 valence electrons. The standard InChI is InChI=1S/C16H18N6O.2ClH/c1-10(21-22-16(18)19)11-4-8-14(9-5-11)20-15(23)12-2-6-13(17)7-3-12;;/h2-9H,17H2,1H3,(H,20,23)(H4,18,19,22);2*1H/b21-10+;;. The van der Waals surface area contributed by atoms with Gasteiger partial charge in [0.2, 0.25) is 5.96 Å². The summed E-state index contributed by atoms with van der Waals surface area (Å²) in [7, 11) is 0. The van der Waals surface area contributed by atoms with Crippen LogP contribution in [-0.4, -0.2) is 17.6 Å². The van der Waals surface area contributed by atoms with Crippen molar-refractivity contribution in [2.45, 2.75) is 6.92 Å². The molecule has 0 aliphatic carbocycles. The lowest BCUT2D eigenvalue weighted by atomic mass is 10.1. The Labute approximate surface area is 158 Å². The number of halogens is 2. The van der Waals surface area contributed by atoms with Gasteiger partial charge in [-0.25, -0.2) is 0 Å². The van der Waals surface area contributed by atoms with Crippen LogP contribution in [0.3, 0.4) is 0 Å². The van der Waals surface area contributed by atoms with Gasteiger partial charge in [-0.05, 0) is 48.9 Å². The molecule has 2 aromatic rings. The summed E-state index contributed by atoms with van der Waals surface area (Å²) in [4.78, 5) is 12.1. The van der Waals surface area contributed by atoms with Crippen LogP contribution >= 0.6 is 24.8 Å². The monoisotopic (exact) mass is 382 g/mol. The Balaban J connectivity index is 0.00000288. The van der Waals surface area contributed by atoms with E-state index in [0.29, 0.717) is 22.6 Å². The van der Waals surface area contributed by atoms with Crippen LogP contribution in [0.1, 0.15) is 22.8 Å². The van der Waals surface area contributed by atoms with Crippen LogP contribution in [0.5, 0.6) is 0 Å². The molecule has 0 aliphatic heterocycles. The molecular formula is C16H20Cl2N6O. The SMILES string of the molecule is C/C(=N\N=C(N)N)c1ccc(NC(=O)c2ccc(N)cc2)cc1.Cl.Cl. The number of amides is 1. The minimum atomic E-state index is -0.205. The topological polar surface area (TPSA) is 132 Å². The van der Waals surface area contributed by atoms with Crippen molar-refractivity contribution in [3.8, 4) is 0 Å². The molecule has 2 rings (SSSR count). The van der Waals surface area contributed by atoms with Crippen molar-refractivity contribution in [3.63, 3.8) is 0 Å². The van der Waals surface area contributed by atoms with Gasteiger partial charge in [0.1, 0.15) is 0 Å². The van der Waals surface area contributed by atoms with Gasteiger partial charge in [0, 0.05) is 16.9 Å². The zero-order valence-electron chi connectivity index (χ0n) is 13.5.